The molecule has 2 aromatic heterocycles. The average Bonchev–Trinajstić information content (AvgIpc) is 3.48. The lowest BCUT2D eigenvalue weighted by Gasteiger charge is -2.11. The Morgan fingerprint density at radius 1 is 0.382 bits per heavy atom. The molecule has 0 saturated heterocycles. The van der Waals surface area contributed by atoms with Crippen molar-refractivity contribution < 1.29 is 0 Å². The van der Waals surface area contributed by atoms with Gasteiger partial charge in [-0.2, -0.15) is 0 Å². The monoisotopic (exact) mass is 468 g/mol. The van der Waals surface area contributed by atoms with Gasteiger partial charge in [-0.15, -0.1) is 22.7 Å². The Hall–Kier alpha value is -3.72. The zero-order chi connectivity index (χ0) is 22.5. The summed E-state index contributed by atoms with van der Waals surface area (Å²) < 4.78 is 2.71. The number of thiophene rings is 2. The Labute approximate surface area is 206 Å². The van der Waals surface area contributed by atoms with Gasteiger partial charge in [0.1, 0.15) is 0 Å². The van der Waals surface area contributed by atoms with Crippen molar-refractivity contribution in [2.45, 2.75) is 0 Å². The zero-order valence-corrected chi connectivity index (χ0v) is 20.0. The van der Waals surface area contributed by atoms with Crippen LogP contribution in [0.2, 0.25) is 0 Å². The van der Waals surface area contributed by atoms with Crippen molar-refractivity contribution in [3.05, 3.63) is 121 Å². The van der Waals surface area contributed by atoms with Crippen LogP contribution in [-0.2, 0) is 0 Å². The van der Waals surface area contributed by atoms with Gasteiger partial charge >= 0.3 is 0 Å². The second kappa shape index (κ2) is 7.95. The van der Waals surface area contributed by atoms with E-state index in [4.69, 9.17) is 0 Å². The van der Waals surface area contributed by atoms with Gasteiger partial charge in [-0.1, -0.05) is 115 Å². The minimum absolute atomic E-state index is 1.26. The van der Waals surface area contributed by atoms with Crippen LogP contribution in [0.3, 0.4) is 0 Å². The number of hydrogen-bond acceptors (Lipinski definition) is 2. The summed E-state index contributed by atoms with van der Waals surface area (Å²) in [7, 11) is 0. The molecule has 0 saturated carbocycles. The maximum absolute atomic E-state index is 2.32. The molecule has 0 fully saturated rings. The molecule has 0 spiro atoms. The number of hydrogen-bond donors (Lipinski definition) is 0. The Morgan fingerprint density at radius 2 is 0.971 bits per heavy atom. The van der Waals surface area contributed by atoms with Gasteiger partial charge < -0.3 is 0 Å². The smallest absolute Gasteiger partial charge is 0.0448 e. The van der Waals surface area contributed by atoms with E-state index < -0.39 is 0 Å². The molecule has 2 heteroatoms. The molecule has 0 unspecified atom stereocenters. The highest BCUT2D eigenvalue weighted by molar-refractivity contribution is 7.27. The van der Waals surface area contributed by atoms with Gasteiger partial charge in [-0.3, -0.25) is 0 Å². The summed E-state index contributed by atoms with van der Waals surface area (Å²) in [5, 5.41) is 5.33. The van der Waals surface area contributed by atoms with Crippen LogP contribution in [0.5, 0.6) is 0 Å². The van der Waals surface area contributed by atoms with E-state index in [1.54, 1.807) is 0 Å². The van der Waals surface area contributed by atoms with Crippen LogP contribution >= 0.6 is 22.7 Å². The number of benzene rings is 5. The molecule has 7 rings (SSSR count). The van der Waals surface area contributed by atoms with E-state index in [1.165, 1.54) is 63.0 Å². The van der Waals surface area contributed by atoms with Crippen LogP contribution < -0.4 is 0 Å². The lowest BCUT2D eigenvalue weighted by molar-refractivity contribution is 1.66. The van der Waals surface area contributed by atoms with E-state index in [2.05, 4.69) is 121 Å². The lowest BCUT2D eigenvalue weighted by atomic mass is 9.94. The predicted molar refractivity (Wildman–Crippen MR) is 151 cm³/mol. The summed E-state index contributed by atoms with van der Waals surface area (Å²) in [5.74, 6) is 0. The molecule has 0 bridgehead atoms. The molecule has 0 N–H and O–H groups in total. The van der Waals surface area contributed by atoms with Crippen molar-refractivity contribution >= 4 is 53.6 Å². The van der Waals surface area contributed by atoms with Crippen molar-refractivity contribution in [1.82, 2.24) is 0 Å². The maximum Gasteiger partial charge on any atom is 0.0448 e. The molecule has 5 aromatic carbocycles. The first kappa shape index (κ1) is 19.7. The standard InChI is InChI=1S/C32H20S2/c1-3-11-21(12-4-1)23-19-20-27-24-15-9-10-18-28(24)33-31(27)29(23)32-26-17-8-7-16-25(26)30(34-32)22-13-5-2-6-14-22/h1-20H. The quantitative estimate of drug-likeness (QED) is 0.242. The molecule has 0 nitrogen and oxygen atoms in total. The van der Waals surface area contributed by atoms with Crippen molar-refractivity contribution in [3.63, 3.8) is 0 Å². The van der Waals surface area contributed by atoms with Gasteiger partial charge in [0.15, 0.2) is 0 Å². The van der Waals surface area contributed by atoms with Crippen LogP contribution in [0.1, 0.15) is 0 Å². The highest BCUT2D eigenvalue weighted by Gasteiger charge is 2.21. The van der Waals surface area contributed by atoms with Crippen LogP contribution in [-0.4, -0.2) is 0 Å². The zero-order valence-electron chi connectivity index (χ0n) is 18.4. The number of fused-ring (bicyclic) bond motifs is 4. The fourth-order valence-corrected chi connectivity index (χ4v) is 7.62. The van der Waals surface area contributed by atoms with Crippen LogP contribution in [0, 0.1) is 0 Å². The maximum atomic E-state index is 2.32. The van der Waals surface area contributed by atoms with Crippen molar-refractivity contribution in [2.24, 2.45) is 0 Å². The molecule has 34 heavy (non-hydrogen) atoms. The molecule has 0 aliphatic heterocycles. The van der Waals surface area contributed by atoms with Gasteiger partial charge in [-0.05, 0) is 22.8 Å². The third-order valence-corrected chi connectivity index (χ3v) is 9.01. The first-order valence-electron chi connectivity index (χ1n) is 11.5. The third kappa shape index (κ3) is 3.03. The van der Waals surface area contributed by atoms with Crippen LogP contribution in [0.25, 0.3) is 63.0 Å². The van der Waals surface area contributed by atoms with Gasteiger partial charge in [0.05, 0.1) is 0 Å². The van der Waals surface area contributed by atoms with Gasteiger partial charge in [0, 0.05) is 46.3 Å². The van der Waals surface area contributed by atoms with Gasteiger partial charge in [0.2, 0.25) is 0 Å². The molecular formula is C32H20S2. The molecule has 0 atom stereocenters. The summed E-state index contributed by atoms with van der Waals surface area (Å²) in [6, 6.07) is 43.9. The van der Waals surface area contributed by atoms with E-state index in [9.17, 15) is 0 Å². The third-order valence-electron chi connectivity index (χ3n) is 6.52. The van der Waals surface area contributed by atoms with E-state index >= 15 is 0 Å². The largest absolute Gasteiger partial charge is 0.134 e. The van der Waals surface area contributed by atoms with E-state index in [0.717, 1.165) is 0 Å². The van der Waals surface area contributed by atoms with E-state index in [1.807, 2.05) is 22.7 Å². The number of rotatable bonds is 3. The van der Waals surface area contributed by atoms with Crippen molar-refractivity contribution in [3.8, 4) is 32.0 Å². The highest BCUT2D eigenvalue weighted by atomic mass is 32.1. The Kier molecular flexibility index (Phi) is 4.61. The average molecular weight is 469 g/mol. The molecule has 0 aliphatic rings. The summed E-state index contributed by atoms with van der Waals surface area (Å²) in [4.78, 5) is 2.69. The first-order valence-corrected chi connectivity index (χ1v) is 13.1. The molecule has 0 aliphatic carbocycles. The van der Waals surface area contributed by atoms with Crippen LogP contribution in [0.4, 0.5) is 0 Å². The second-order valence-corrected chi connectivity index (χ2v) is 10.6. The minimum Gasteiger partial charge on any atom is -0.134 e. The highest BCUT2D eigenvalue weighted by Crippen LogP contribution is 2.51. The minimum atomic E-state index is 1.26. The fraction of sp³-hybridized carbons (Fsp3) is 0. The first-order chi connectivity index (χ1) is 16.9. The fourth-order valence-electron chi connectivity index (χ4n) is 4.95. The lowest BCUT2D eigenvalue weighted by Crippen LogP contribution is -1.84. The van der Waals surface area contributed by atoms with Crippen LogP contribution in [0.15, 0.2) is 121 Å². The summed E-state index contributed by atoms with van der Waals surface area (Å²) >= 11 is 3.83. The molecule has 0 radical (unpaired) electrons. The van der Waals surface area contributed by atoms with E-state index in [-0.39, 0.29) is 0 Å². The molecule has 7 aromatic rings. The Balaban J connectivity index is 1.63. The van der Waals surface area contributed by atoms with E-state index in [0.29, 0.717) is 0 Å². The second-order valence-electron chi connectivity index (χ2n) is 8.50. The van der Waals surface area contributed by atoms with Crippen molar-refractivity contribution in [2.75, 3.05) is 0 Å². The summed E-state index contributed by atoms with van der Waals surface area (Å²) in [5.41, 5.74) is 5.19. The normalized spacial score (nSPS) is 11.5. The Bertz CT molecular complexity index is 1790. The topological polar surface area (TPSA) is 0 Å². The SMILES string of the molecule is c1ccc(-c2ccc3c(sc4ccccc43)c2-c2sc(-c3ccccc3)c3ccccc23)cc1. The predicted octanol–water partition coefficient (Wildman–Crippen LogP) is 10.3. The molecule has 2 heterocycles. The van der Waals surface area contributed by atoms with Crippen molar-refractivity contribution in [1.29, 1.82) is 0 Å². The van der Waals surface area contributed by atoms with Gasteiger partial charge in [0.25, 0.3) is 0 Å². The molecular weight excluding hydrogens is 448 g/mol. The summed E-state index contributed by atoms with van der Waals surface area (Å²) in [6.45, 7) is 0. The molecule has 160 valence electrons. The summed E-state index contributed by atoms with van der Waals surface area (Å²) in [6.07, 6.45) is 0. The van der Waals surface area contributed by atoms with Gasteiger partial charge in [-0.25, -0.2) is 0 Å². The molecule has 0 amide bonds. The Morgan fingerprint density at radius 3 is 1.71 bits per heavy atom.